The second-order valence-electron chi connectivity index (χ2n) is 4.13. The first-order valence-electron chi connectivity index (χ1n) is 6.40. The van der Waals surface area contributed by atoms with E-state index in [1.807, 2.05) is 31.3 Å². The van der Waals surface area contributed by atoms with Crippen LogP contribution in [0.5, 0.6) is 5.75 Å². The third-order valence-corrected chi connectivity index (χ3v) is 2.55. The van der Waals surface area contributed by atoms with Gasteiger partial charge in [-0.1, -0.05) is 31.5 Å². The molecule has 1 rings (SSSR count). The molecule has 0 saturated carbocycles. The molecule has 1 aromatic rings. The van der Waals surface area contributed by atoms with Crippen LogP contribution in [0.4, 0.5) is 0 Å². The van der Waals surface area contributed by atoms with Crippen molar-refractivity contribution in [3.8, 4) is 5.75 Å². The summed E-state index contributed by atoms with van der Waals surface area (Å²) in [5.74, 6) is 0.695. The van der Waals surface area contributed by atoms with Gasteiger partial charge in [0.1, 0.15) is 5.75 Å². The minimum Gasteiger partial charge on any atom is -0.483 e. The van der Waals surface area contributed by atoms with Gasteiger partial charge in [0, 0.05) is 18.7 Å². The van der Waals surface area contributed by atoms with Crippen LogP contribution >= 0.6 is 0 Å². The Hall–Kier alpha value is -1.55. The molecule has 0 bridgehead atoms. The number of carbonyl (C=O) groups excluding carboxylic acids is 1. The molecule has 0 aliphatic carbocycles. The third kappa shape index (κ3) is 5.19. The molecule has 100 valence electrons. The minimum atomic E-state index is -0.0669. The van der Waals surface area contributed by atoms with E-state index in [1.54, 1.807) is 0 Å². The largest absolute Gasteiger partial charge is 0.483 e. The summed E-state index contributed by atoms with van der Waals surface area (Å²) in [6.45, 7) is 3.62. The summed E-state index contributed by atoms with van der Waals surface area (Å²) < 4.78 is 5.53. The lowest BCUT2D eigenvalue weighted by Crippen LogP contribution is -2.29. The van der Waals surface area contributed by atoms with Crippen molar-refractivity contribution in [2.24, 2.45) is 0 Å². The van der Waals surface area contributed by atoms with Crippen molar-refractivity contribution >= 4 is 5.91 Å². The second kappa shape index (κ2) is 8.53. The summed E-state index contributed by atoms with van der Waals surface area (Å²) in [4.78, 5) is 11.5. The highest BCUT2D eigenvalue weighted by molar-refractivity contribution is 5.77. The number of unbranched alkanes of at least 4 members (excludes halogenated alkanes) is 1. The fourth-order valence-corrected chi connectivity index (χ4v) is 1.58. The van der Waals surface area contributed by atoms with Crippen LogP contribution in [-0.2, 0) is 11.3 Å². The molecule has 0 unspecified atom stereocenters. The minimum absolute atomic E-state index is 0.0669. The Morgan fingerprint density at radius 3 is 2.83 bits per heavy atom. The Morgan fingerprint density at radius 2 is 2.11 bits per heavy atom. The van der Waals surface area contributed by atoms with E-state index in [4.69, 9.17) is 4.74 Å². The standard InChI is InChI=1S/C14H22N2O2/c1-3-4-9-16-14(17)11-18-13-8-6-5-7-12(13)10-15-2/h5-8,15H,3-4,9-11H2,1-2H3,(H,16,17). The molecule has 4 heteroatoms. The molecule has 0 spiro atoms. The van der Waals surface area contributed by atoms with Crippen LogP contribution < -0.4 is 15.4 Å². The van der Waals surface area contributed by atoms with Crippen molar-refractivity contribution in [1.82, 2.24) is 10.6 Å². The second-order valence-corrected chi connectivity index (χ2v) is 4.13. The van der Waals surface area contributed by atoms with E-state index in [-0.39, 0.29) is 12.5 Å². The van der Waals surface area contributed by atoms with Crippen molar-refractivity contribution in [3.63, 3.8) is 0 Å². The zero-order valence-electron chi connectivity index (χ0n) is 11.2. The zero-order valence-corrected chi connectivity index (χ0v) is 11.2. The van der Waals surface area contributed by atoms with E-state index < -0.39 is 0 Å². The number of para-hydroxylation sites is 1. The number of benzene rings is 1. The number of nitrogens with one attached hydrogen (secondary N) is 2. The molecule has 18 heavy (non-hydrogen) atoms. The normalized spacial score (nSPS) is 10.1. The van der Waals surface area contributed by atoms with Crippen molar-refractivity contribution < 1.29 is 9.53 Å². The Bertz CT molecular complexity index is 367. The van der Waals surface area contributed by atoms with E-state index in [0.29, 0.717) is 0 Å². The van der Waals surface area contributed by atoms with Gasteiger partial charge in [0.05, 0.1) is 0 Å². The van der Waals surface area contributed by atoms with Gasteiger partial charge in [-0.2, -0.15) is 0 Å². The maximum atomic E-state index is 11.5. The summed E-state index contributed by atoms with van der Waals surface area (Å²) in [6.07, 6.45) is 2.08. The van der Waals surface area contributed by atoms with Crippen LogP contribution in [0.3, 0.4) is 0 Å². The average Bonchev–Trinajstić information content (AvgIpc) is 2.38. The molecule has 0 aliphatic heterocycles. The summed E-state index contributed by atoms with van der Waals surface area (Å²) >= 11 is 0. The van der Waals surface area contributed by atoms with Crippen LogP contribution in [0.1, 0.15) is 25.3 Å². The van der Waals surface area contributed by atoms with Gasteiger partial charge < -0.3 is 15.4 Å². The van der Waals surface area contributed by atoms with Crippen molar-refractivity contribution in [1.29, 1.82) is 0 Å². The third-order valence-electron chi connectivity index (χ3n) is 2.55. The van der Waals surface area contributed by atoms with Crippen LogP contribution in [0.2, 0.25) is 0 Å². The lowest BCUT2D eigenvalue weighted by atomic mass is 10.2. The Morgan fingerprint density at radius 1 is 1.33 bits per heavy atom. The number of hydrogen-bond donors (Lipinski definition) is 2. The monoisotopic (exact) mass is 250 g/mol. The fourth-order valence-electron chi connectivity index (χ4n) is 1.58. The highest BCUT2D eigenvalue weighted by atomic mass is 16.5. The van der Waals surface area contributed by atoms with Gasteiger partial charge in [0.15, 0.2) is 6.61 Å². The molecule has 4 nitrogen and oxygen atoms in total. The Labute approximate surface area is 109 Å². The predicted molar refractivity (Wildman–Crippen MR) is 72.6 cm³/mol. The van der Waals surface area contributed by atoms with Gasteiger partial charge in [-0.05, 0) is 19.5 Å². The average molecular weight is 250 g/mol. The van der Waals surface area contributed by atoms with Crippen LogP contribution in [0, 0.1) is 0 Å². The summed E-state index contributed by atoms with van der Waals surface area (Å²) in [5, 5.41) is 5.90. The lowest BCUT2D eigenvalue weighted by Gasteiger charge is -2.11. The molecule has 0 aliphatic rings. The number of rotatable bonds is 8. The van der Waals surface area contributed by atoms with E-state index in [2.05, 4.69) is 17.6 Å². The molecule has 0 aromatic heterocycles. The fraction of sp³-hybridized carbons (Fsp3) is 0.500. The first kappa shape index (κ1) is 14.5. The van der Waals surface area contributed by atoms with Gasteiger partial charge in [0.2, 0.25) is 0 Å². The summed E-state index contributed by atoms with van der Waals surface area (Å²) in [6, 6.07) is 7.73. The van der Waals surface area contributed by atoms with Gasteiger partial charge >= 0.3 is 0 Å². The molecule has 2 N–H and O–H groups in total. The molecule has 0 atom stereocenters. The first-order valence-corrected chi connectivity index (χ1v) is 6.40. The topological polar surface area (TPSA) is 50.4 Å². The molecule has 0 fully saturated rings. The van der Waals surface area contributed by atoms with E-state index in [9.17, 15) is 4.79 Å². The Kier molecular flexibility index (Phi) is 6.87. The van der Waals surface area contributed by atoms with Gasteiger partial charge in [-0.15, -0.1) is 0 Å². The van der Waals surface area contributed by atoms with Gasteiger partial charge in [0.25, 0.3) is 5.91 Å². The van der Waals surface area contributed by atoms with E-state index in [0.717, 1.165) is 37.2 Å². The molecule has 1 amide bonds. The number of ether oxygens (including phenoxy) is 1. The van der Waals surface area contributed by atoms with E-state index in [1.165, 1.54) is 0 Å². The molecule has 0 radical (unpaired) electrons. The SMILES string of the molecule is CCCCNC(=O)COc1ccccc1CNC. The smallest absolute Gasteiger partial charge is 0.257 e. The number of amides is 1. The summed E-state index contributed by atoms with van der Waals surface area (Å²) in [5.41, 5.74) is 1.06. The van der Waals surface area contributed by atoms with Crippen LogP contribution in [-0.4, -0.2) is 26.1 Å². The molecule has 0 heterocycles. The lowest BCUT2D eigenvalue weighted by molar-refractivity contribution is -0.123. The number of carbonyl (C=O) groups is 1. The van der Waals surface area contributed by atoms with Gasteiger partial charge in [-0.3, -0.25) is 4.79 Å². The van der Waals surface area contributed by atoms with E-state index >= 15 is 0 Å². The van der Waals surface area contributed by atoms with Crippen molar-refractivity contribution in [2.75, 3.05) is 20.2 Å². The first-order chi connectivity index (χ1) is 8.77. The van der Waals surface area contributed by atoms with Crippen LogP contribution in [0.15, 0.2) is 24.3 Å². The Balaban J connectivity index is 2.40. The molecule has 1 aromatic carbocycles. The maximum absolute atomic E-state index is 11.5. The van der Waals surface area contributed by atoms with Gasteiger partial charge in [-0.25, -0.2) is 0 Å². The highest BCUT2D eigenvalue weighted by Gasteiger charge is 2.05. The molecule has 0 saturated heterocycles. The summed E-state index contributed by atoms with van der Waals surface area (Å²) in [7, 11) is 1.88. The highest BCUT2D eigenvalue weighted by Crippen LogP contribution is 2.17. The maximum Gasteiger partial charge on any atom is 0.257 e. The quantitative estimate of drug-likeness (QED) is 0.690. The molecular formula is C14H22N2O2. The zero-order chi connectivity index (χ0) is 13.2. The van der Waals surface area contributed by atoms with Crippen molar-refractivity contribution in [3.05, 3.63) is 29.8 Å². The van der Waals surface area contributed by atoms with Crippen LogP contribution in [0.25, 0.3) is 0 Å². The molecular weight excluding hydrogens is 228 g/mol. The van der Waals surface area contributed by atoms with Crippen molar-refractivity contribution in [2.45, 2.75) is 26.3 Å². The number of hydrogen-bond acceptors (Lipinski definition) is 3. The predicted octanol–water partition coefficient (Wildman–Crippen LogP) is 1.70.